The molecule has 0 bridgehead atoms. The SMILES string of the molecule is CC(C)(C)OC(=O)NC(C)(C)C(=O)N[C@H](COCc1ccccc1)C(=O)N1CCC2(CC1)C(S(O)(O)C=COC(=O)C(F)(F)F)=Nc1ccccc12. The Morgan fingerprint density at radius 1 is 0.981 bits per heavy atom. The molecule has 0 aliphatic carbocycles. The van der Waals surface area contributed by atoms with E-state index >= 15 is 0 Å². The number of para-hydroxylation sites is 1. The molecule has 2 aromatic carbocycles. The summed E-state index contributed by atoms with van der Waals surface area (Å²) in [4.78, 5) is 57.2. The number of hydrogen-bond acceptors (Lipinski definition) is 10. The summed E-state index contributed by atoms with van der Waals surface area (Å²) in [5.41, 5.74) is -1.57. The van der Waals surface area contributed by atoms with Crippen molar-refractivity contribution in [3.8, 4) is 0 Å². The van der Waals surface area contributed by atoms with E-state index in [9.17, 15) is 41.5 Å². The van der Waals surface area contributed by atoms with Crippen LogP contribution in [0.3, 0.4) is 0 Å². The van der Waals surface area contributed by atoms with Gasteiger partial charge in [0, 0.05) is 13.1 Å². The van der Waals surface area contributed by atoms with Crippen LogP contribution < -0.4 is 10.6 Å². The number of alkyl halides is 3. The van der Waals surface area contributed by atoms with Crippen LogP contribution >= 0.6 is 10.6 Å². The normalized spacial score (nSPS) is 16.9. The molecule has 0 radical (unpaired) electrons. The van der Waals surface area contributed by atoms with Gasteiger partial charge in [0.2, 0.25) is 11.8 Å². The summed E-state index contributed by atoms with van der Waals surface area (Å²) in [6, 6.07) is 14.8. The third-order valence-corrected chi connectivity index (χ3v) is 9.84. The summed E-state index contributed by atoms with van der Waals surface area (Å²) >= 11 is 0. The second-order valence-corrected chi connectivity index (χ2v) is 15.7. The van der Waals surface area contributed by atoms with Gasteiger partial charge in [0.05, 0.1) is 29.7 Å². The number of benzene rings is 2. The monoisotopic (exact) mass is 752 g/mol. The Morgan fingerprint density at radius 2 is 1.60 bits per heavy atom. The highest BCUT2D eigenvalue weighted by Crippen LogP contribution is 2.58. The minimum atomic E-state index is -5.29. The van der Waals surface area contributed by atoms with E-state index in [0.717, 1.165) is 5.56 Å². The lowest BCUT2D eigenvalue weighted by atomic mass is 9.74. The van der Waals surface area contributed by atoms with Gasteiger partial charge in [-0.3, -0.25) is 18.7 Å². The van der Waals surface area contributed by atoms with Crippen LogP contribution in [0.5, 0.6) is 0 Å². The van der Waals surface area contributed by atoms with E-state index in [2.05, 4.69) is 20.4 Å². The van der Waals surface area contributed by atoms with Crippen LogP contribution in [0.15, 0.2) is 71.3 Å². The summed E-state index contributed by atoms with van der Waals surface area (Å²) < 4.78 is 75.4. The number of ether oxygens (including phenoxy) is 3. The van der Waals surface area contributed by atoms with Crippen molar-refractivity contribution >= 4 is 45.2 Å². The molecule has 13 nitrogen and oxygen atoms in total. The number of piperidine rings is 1. The van der Waals surface area contributed by atoms with Crippen molar-refractivity contribution in [3.63, 3.8) is 0 Å². The number of amides is 3. The number of carbonyl (C=O) groups excluding carboxylic acids is 4. The molecule has 2 heterocycles. The molecular weight excluding hydrogens is 709 g/mol. The van der Waals surface area contributed by atoms with Gasteiger partial charge in [0.1, 0.15) is 28.5 Å². The van der Waals surface area contributed by atoms with E-state index in [-0.39, 0.29) is 50.5 Å². The first-order valence-corrected chi connectivity index (χ1v) is 17.9. The zero-order valence-corrected chi connectivity index (χ0v) is 30.2. The van der Waals surface area contributed by atoms with E-state index in [4.69, 9.17) is 9.47 Å². The van der Waals surface area contributed by atoms with Gasteiger partial charge >= 0.3 is 18.2 Å². The summed E-state index contributed by atoms with van der Waals surface area (Å²) in [6.45, 7) is 7.97. The van der Waals surface area contributed by atoms with Gasteiger partial charge in [0.25, 0.3) is 0 Å². The zero-order chi connectivity index (χ0) is 38.5. The number of aliphatic imine (C=N–C) groups is 1. The second kappa shape index (κ2) is 15.7. The molecule has 0 saturated carbocycles. The molecule has 1 saturated heterocycles. The standard InChI is InChI=1S/C35H43F3N4O9S/c1-32(2,3)51-31(46)41-33(4,5)28(44)39-26(22-49-21-23-11-7-6-8-12-23)27(43)42-17-15-34(16-18-42)24-13-9-10-14-25(24)40-29(34)52(47,48)20-19-50-30(45)35(36,37)38/h6-14,19-20,26,47-48H,15-18,21-22H2,1-5H3,(H,39,44)(H,41,46)/t26-/m1/s1. The summed E-state index contributed by atoms with van der Waals surface area (Å²) in [5, 5.41) is 5.66. The van der Waals surface area contributed by atoms with E-state index < -0.39 is 63.2 Å². The first-order valence-electron chi connectivity index (χ1n) is 16.3. The van der Waals surface area contributed by atoms with Gasteiger partial charge in [-0.1, -0.05) is 48.5 Å². The predicted octanol–water partition coefficient (Wildman–Crippen LogP) is 5.92. The molecule has 0 aromatic heterocycles. The number of halogens is 3. The maximum absolute atomic E-state index is 14.1. The number of hydrogen-bond donors (Lipinski definition) is 4. The van der Waals surface area contributed by atoms with Gasteiger partial charge in [-0.2, -0.15) is 13.2 Å². The van der Waals surface area contributed by atoms with Crippen molar-refractivity contribution in [1.82, 2.24) is 15.5 Å². The molecule has 2 aliphatic rings. The Balaban J connectivity index is 1.53. The number of carbonyl (C=O) groups is 4. The van der Waals surface area contributed by atoms with Crippen molar-refractivity contribution in [2.45, 2.75) is 82.8 Å². The fourth-order valence-electron chi connectivity index (χ4n) is 5.77. The van der Waals surface area contributed by atoms with E-state index in [1.165, 1.54) is 18.7 Å². The van der Waals surface area contributed by atoms with E-state index in [1.807, 2.05) is 30.3 Å². The Kier molecular flexibility index (Phi) is 12.1. The maximum Gasteiger partial charge on any atom is 0.491 e. The number of esters is 1. The fourth-order valence-corrected chi connectivity index (χ4v) is 7.23. The predicted molar refractivity (Wildman–Crippen MR) is 187 cm³/mol. The molecule has 52 heavy (non-hydrogen) atoms. The lowest BCUT2D eigenvalue weighted by Crippen LogP contribution is -2.61. The van der Waals surface area contributed by atoms with Crippen molar-refractivity contribution in [3.05, 3.63) is 77.4 Å². The maximum atomic E-state index is 14.1. The lowest BCUT2D eigenvalue weighted by Gasteiger charge is -2.45. The van der Waals surface area contributed by atoms with Crippen molar-refractivity contribution in [2.75, 3.05) is 19.7 Å². The Bertz CT molecular complexity index is 1700. The highest BCUT2D eigenvalue weighted by molar-refractivity contribution is 8.39. The second-order valence-electron chi connectivity index (χ2n) is 13.9. The molecule has 3 amide bonds. The summed E-state index contributed by atoms with van der Waals surface area (Å²) in [7, 11) is -4.02. The van der Waals surface area contributed by atoms with Crippen molar-refractivity contribution in [2.24, 2.45) is 4.99 Å². The van der Waals surface area contributed by atoms with Crippen LogP contribution in [-0.2, 0) is 40.6 Å². The van der Waals surface area contributed by atoms with Crippen LogP contribution in [0, 0.1) is 0 Å². The molecule has 0 unspecified atom stereocenters. The third kappa shape index (κ3) is 9.90. The third-order valence-electron chi connectivity index (χ3n) is 8.30. The van der Waals surface area contributed by atoms with Crippen LogP contribution in [-0.4, -0.2) is 86.0 Å². The molecule has 4 N–H and O–H groups in total. The molecule has 1 spiro atoms. The quantitative estimate of drug-likeness (QED) is 0.170. The summed E-state index contributed by atoms with van der Waals surface area (Å²) in [6.07, 6.45) is -5.59. The zero-order valence-electron chi connectivity index (χ0n) is 29.4. The minimum absolute atomic E-state index is 0.0547. The topological polar surface area (TPSA) is 176 Å². The van der Waals surface area contributed by atoms with Crippen molar-refractivity contribution in [1.29, 1.82) is 0 Å². The highest BCUT2D eigenvalue weighted by atomic mass is 32.3. The van der Waals surface area contributed by atoms with Crippen molar-refractivity contribution < 1.29 is 55.7 Å². The average molecular weight is 753 g/mol. The number of fused-ring (bicyclic) bond motifs is 2. The fraction of sp³-hybridized carbons (Fsp3) is 0.457. The number of likely N-dealkylation sites (tertiary alicyclic amines) is 1. The summed E-state index contributed by atoms with van der Waals surface area (Å²) in [5.74, 6) is -3.71. The van der Waals surface area contributed by atoms with Crippen LogP contribution in [0.25, 0.3) is 0 Å². The van der Waals surface area contributed by atoms with E-state index in [1.54, 1.807) is 45.0 Å². The first kappa shape index (κ1) is 40.3. The smallest absolute Gasteiger partial charge is 0.444 e. The van der Waals surface area contributed by atoms with Gasteiger partial charge in [-0.05, 0) is 64.7 Å². The lowest BCUT2D eigenvalue weighted by molar-refractivity contribution is -0.193. The van der Waals surface area contributed by atoms with E-state index in [0.29, 0.717) is 16.7 Å². The van der Waals surface area contributed by atoms with Gasteiger partial charge < -0.3 is 29.7 Å². The molecular formula is C35H43F3N4O9S. The molecule has 2 aromatic rings. The molecule has 1 atom stereocenters. The average Bonchev–Trinajstić information content (AvgIpc) is 3.37. The number of nitrogens with zero attached hydrogens (tertiary/aromatic N) is 2. The number of alkyl carbamates (subject to hydrolysis) is 1. The molecule has 1 fully saturated rings. The van der Waals surface area contributed by atoms with Gasteiger partial charge in [0.15, 0.2) is 0 Å². The number of rotatable bonds is 10. The largest absolute Gasteiger partial charge is 0.491 e. The van der Waals surface area contributed by atoms with Crippen LogP contribution in [0.1, 0.15) is 58.6 Å². The first-order chi connectivity index (χ1) is 24.1. The van der Waals surface area contributed by atoms with Gasteiger partial charge in [-0.25, -0.2) is 14.6 Å². The Morgan fingerprint density at radius 3 is 2.21 bits per heavy atom. The van der Waals surface area contributed by atoms with Crippen LogP contribution in [0.2, 0.25) is 0 Å². The molecule has 284 valence electrons. The molecule has 4 rings (SSSR count). The number of nitrogens with one attached hydrogen (secondary N) is 2. The van der Waals surface area contributed by atoms with Gasteiger partial charge in [-0.15, -0.1) is 10.6 Å². The highest BCUT2D eigenvalue weighted by Gasteiger charge is 2.51. The Hall–Kier alpha value is -4.45. The molecule has 17 heteroatoms. The minimum Gasteiger partial charge on any atom is -0.444 e. The molecule has 2 aliphatic heterocycles. The Labute approximate surface area is 300 Å². The van der Waals surface area contributed by atoms with Crippen LogP contribution in [0.4, 0.5) is 23.7 Å².